The first-order valence-corrected chi connectivity index (χ1v) is 19.7. The number of rotatable bonds is 28. The third kappa shape index (κ3) is 19.7. The van der Waals surface area contributed by atoms with Gasteiger partial charge >= 0.3 is 5.97 Å². The molecule has 0 fully saturated rings. The van der Waals surface area contributed by atoms with Crippen molar-refractivity contribution in [1.29, 1.82) is 0 Å². The van der Waals surface area contributed by atoms with E-state index in [1.165, 1.54) is 5.56 Å². The lowest BCUT2D eigenvalue weighted by atomic mass is 9.85. The fourth-order valence-corrected chi connectivity index (χ4v) is 6.82. The SMILES string of the molecule is CCCCC[C@H](O)C=CC(CCc1ccccc1)=C(C[C@H](O)CO)[C@H](CCC[C@@H](CCC(=O)O)CCC(C)C)NC[C@@](C)(O)Cc1ccc(O)cc1. The number of allylic oxidation sites excluding steroid dienone is 2. The molecule has 0 aliphatic heterocycles. The average Bonchev–Trinajstić information content (AvgIpc) is 3.11. The molecule has 0 unspecified atom stereocenters. The van der Waals surface area contributed by atoms with Gasteiger partial charge in [-0.25, -0.2) is 0 Å². The maximum absolute atomic E-state index is 11.6. The number of carboxylic acid groups (broad SMARTS) is 1. The van der Waals surface area contributed by atoms with Crippen molar-refractivity contribution in [1.82, 2.24) is 5.32 Å². The maximum atomic E-state index is 11.6. The largest absolute Gasteiger partial charge is 0.508 e. The van der Waals surface area contributed by atoms with E-state index in [9.17, 15) is 35.4 Å². The number of hydrogen-bond acceptors (Lipinski definition) is 7. The third-order valence-electron chi connectivity index (χ3n) is 9.92. The van der Waals surface area contributed by atoms with Gasteiger partial charge < -0.3 is 36.0 Å². The highest BCUT2D eigenvalue weighted by Gasteiger charge is 2.26. The second-order valence-corrected chi connectivity index (χ2v) is 15.5. The number of benzene rings is 2. The molecule has 0 aliphatic carbocycles. The smallest absolute Gasteiger partial charge is 0.303 e. The number of phenols is 1. The molecule has 7 N–H and O–H groups in total. The first-order valence-electron chi connectivity index (χ1n) is 19.7. The van der Waals surface area contributed by atoms with Crippen molar-refractivity contribution in [3.8, 4) is 5.75 Å². The first-order chi connectivity index (χ1) is 24.8. The summed E-state index contributed by atoms with van der Waals surface area (Å²) < 4.78 is 0. The average molecular weight is 724 g/mol. The van der Waals surface area contributed by atoms with Crippen molar-refractivity contribution >= 4 is 5.97 Å². The zero-order valence-electron chi connectivity index (χ0n) is 32.3. The molecule has 52 heavy (non-hydrogen) atoms. The predicted molar refractivity (Wildman–Crippen MR) is 211 cm³/mol. The van der Waals surface area contributed by atoms with Crippen LogP contribution in [-0.2, 0) is 17.6 Å². The molecule has 0 amide bonds. The molecule has 0 saturated carbocycles. The molecule has 2 aromatic rings. The number of aliphatic hydroxyl groups is 4. The zero-order valence-corrected chi connectivity index (χ0v) is 32.3. The van der Waals surface area contributed by atoms with Crippen LogP contribution < -0.4 is 5.32 Å². The Morgan fingerprint density at radius 3 is 2.21 bits per heavy atom. The second-order valence-electron chi connectivity index (χ2n) is 15.5. The molecule has 2 rings (SSSR count). The van der Waals surface area contributed by atoms with Crippen LogP contribution in [0.3, 0.4) is 0 Å². The van der Waals surface area contributed by atoms with Gasteiger partial charge in [-0.1, -0.05) is 120 Å². The summed E-state index contributed by atoms with van der Waals surface area (Å²) >= 11 is 0. The van der Waals surface area contributed by atoms with Crippen LogP contribution in [0.15, 0.2) is 77.9 Å². The molecule has 0 radical (unpaired) electrons. The molecule has 8 heteroatoms. The highest BCUT2D eigenvalue weighted by molar-refractivity contribution is 5.66. The maximum Gasteiger partial charge on any atom is 0.303 e. The molecule has 0 saturated heterocycles. The number of carboxylic acids is 1. The third-order valence-corrected chi connectivity index (χ3v) is 9.92. The van der Waals surface area contributed by atoms with Gasteiger partial charge in [-0.05, 0) is 91.7 Å². The number of hydrogen-bond donors (Lipinski definition) is 7. The molecule has 0 aliphatic rings. The van der Waals surface area contributed by atoms with Gasteiger partial charge in [-0.15, -0.1) is 0 Å². The summed E-state index contributed by atoms with van der Waals surface area (Å²) in [4.78, 5) is 11.5. The Bertz CT molecular complexity index is 1310. The van der Waals surface area contributed by atoms with E-state index in [1.54, 1.807) is 31.2 Å². The van der Waals surface area contributed by atoms with Crippen LogP contribution >= 0.6 is 0 Å². The number of unbranched alkanes of at least 4 members (excludes halogenated alkanes) is 2. The Morgan fingerprint density at radius 1 is 0.865 bits per heavy atom. The van der Waals surface area contributed by atoms with E-state index < -0.39 is 30.4 Å². The second kappa shape index (κ2) is 25.1. The predicted octanol–water partition coefficient (Wildman–Crippen LogP) is 7.90. The summed E-state index contributed by atoms with van der Waals surface area (Å²) in [7, 11) is 0. The lowest BCUT2D eigenvalue weighted by Gasteiger charge is -2.31. The number of aryl methyl sites for hydroxylation is 1. The van der Waals surface area contributed by atoms with Gasteiger partial charge in [0.25, 0.3) is 0 Å². The van der Waals surface area contributed by atoms with Crippen LogP contribution in [0.2, 0.25) is 0 Å². The van der Waals surface area contributed by atoms with Gasteiger partial charge in [-0.3, -0.25) is 4.79 Å². The quantitative estimate of drug-likeness (QED) is 0.0346. The lowest BCUT2D eigenvalue weighted by Crippen LogP contribution is -2.45. The van der Waals surface area contributed by atoms with Gasteiger partial charge in [0.1, 0.15) is 5.75 Å². The topological polar surface area (TPSA) is 150 Å². The van der Waals surface area contributed by atoms with Crippen LogP contribution in [0.1, 0.15) is 122 Å². The lowest BCUT2D eigenvalue weighted by molar-refractivity contribution is -0.137. The molecule has 0 bridgehead atoms. The standard InChI is InChI=1S/C44H69NO7/c1-5-6-8-15-38(47)27-24-37(23-19-34-12-9-7-10-13-34)41(29-40(49)31-46)42(16-11-14-35(18-17-33(2)3)22-28-43(50)51)45-32-44(4,52)30-36-20-25-39(48)26-21-36/h7,9-10,12-13,20-21,24-27,33,35,38,40,42,45-49,52H,5-6,8,11,14-19,22-23,28-32H2,1-4H3,(H,50,51)/t35-,38+,40+,42+,44+/m1/s1. The van der Waals surface area contributed by atoms with Crippen molar-refractivity contribution in [2.24, 2.45) is 11.8 Å². The summed E-state index contributed by atoms with van der Waals surface area (Å²) in [6.45, 7) is 8.16. The molecule has 0 aromatic heterocycles. The molecule has 292 valence electrons. The summed E-state index contributed by atoms with van der Waals surface area (Å²) in [5, 5.41) is 66.3. The van der Waals surface area contributed by atoms with E-state index in [1.807, 2.05) is 30.4 Å². The number of carbonyl (C=O) groups is 1. The minimum absolute atomic E-state index is 0.146. The number of aliphatic hydroxyl groups excluding tert-OH is 3. The van der Waals surface area contributed by atoms with Gasteiger partial charge in [0, 0.05) is 25.4 Å². The van der Waals surface area contributed by atoms with E-state index in [0.29, 0.717) is 38.0 Å². The molecule has 0 heterocycles. The van der Waals surface area contributed by atoms with Crippen molar-refractivity contribution in [3.05, 3.63) is 89.0 Å². The van der Waals surface area contributed by atoms with Crippen molar-refractivity contribution in [3.63, 3.8) is 0 Å². The summed E-state index contributed by atoms with van der Waals surface area (Å²) in [6, 6.07) is 16.8. The van der Waals surface area contributed by atoms with Crippen molar-refractivity contribution < 1.29 is 35.4 Å². The van der Waals surface area contributed by atoms with Gasteiger partial charge in [0.2, 0.25) is 0 Å². The molecule has 0 spiro atoms. The van der Waals surface area contributed by atoms with E-state index in [4.69, 9.17) is 0 Å². The van der Waals surface area contributed by atoms with Crippen LogP contribution in [0.4, 0.5) is 0 Å². The van der Waals surface area contributed by atoms with Crippen molar-refractivity contribution in [2.75, 3.05) is 13.2 Å². The Hall–Kier alpha value is -3.01. The van der Waals surface area contributed by atoms with E-state index in [2.05, 4.69) is 38.2 Å². The summed E-state index contributed by atoms with van der Waals surface area (Å²) in [5.41, 5.74) is 2.87. The Morgan fingerprint density at radius 2 is 1.58 bits per heavy atom. The van der Waals surface area contributed by atoms with Gasteiger partial charge in [-0.2, -0.15) is 0 Å². The van der Waals surface area contributed by atoms with Crippen LogP contribution in [0, 0.1) is 11.8 Å². The highest BCUT2D eigenvalue weighted by Crippen LogP contribution is 2.29. The number of nitrogens with one attached hydrogen (secondary N) is 1. The molecular formula is C44H69NO7. The van der Waals surface area contributed by atoms with E-state index >= 15 is 0 Å². The van der Waals surface area contributed by atoms with Crippen LogP contribution in [0.25, 0.3) is 0 Å². The molecule has 5 atom stereocenters. The Balaban J connectivity index is 2.52. The number of aromatic hydroxyl groups is 1. The fourth-order valence-electron chi connectivity index (χ4n) is 6.82. The zero-order chi connectivity index (χ0) is 38.4. The minimum Gasteiger partial charge on any atom is -0.508 e. The Labute approximate surface area is 313 Å². The number of aliphatic carboxylic acids is 1. The van der Waals surface area contributed by atoms with E-state index in [0.717, 1.165) is 68.1 Å². The Kier molecular flexibility index (Phi) is 21.8. The summed E-state index contributed by atoms with van der Waals surface area (Å²) in [6.07, 6.45) is 13.1. The normalized spacial score (nSPS) is 16.0. The van der Waals surface area contributed by atoms with E-state index in [-0.39, 0.29) is 37.1 Å². The van der Waals surface area contributed by atoms with Crippen molar-refractivity contribution in [2.45, 2.75) is 148 Å². The van der Waals surface area contributed by atoms with Crippen LogP contribution in [-0.4, -0.2) is 73.6 Å². The fraction of sp³-hybridized carbons (Fsp3) is 0.614. The summed E-state index contributed by atoms with van der Waals surface area (Å²) in [5.74, 6) is 0.201. The highest BCUT2D eigenvalue weighted by atomic mass is 16.4. The molecular weight excluding hydrogens is 654 g/mol. The molecule has 2 aromatic carbocycles. The minimum atomic E-state index is -1.13. The monoisotopic (exact) mass is 724 g/mol. The van der Waals surface area contributed by atoms with Gasteiger partial charge in [0.15, 0.2) is 0 Å². The van der Waals surface area contributed by atoms with Crippen LogP contribution in [0.5, 0.6) is 5.75 Å². The first kappa shape index (κ1) is 45.1. The number of phenolic OH excluding ortho intramolecular Hbond substituents is 1. The molecule has 8 nitrogen and oxygen atoms in total. The van der Waals surface area contributed by atoms with Gasteiger partial charge in [0.05, 0.1) is 24.4 Å².